The highest BCUT2D eigenvalue weighted by Gasteiger charge is 2.19. The number of nitrogens with two attached hydrogens (primary N) is 1. The second kappa shape index (κ2) is 10.8. The number of hydrogen-bond acceptors (Lipinski definition) is 4. The van der Waals surface area contributed by atoms with Gasteiger partial charge in [0.15, 0.2) is 0 Å². The highest BCUT2D eigenvalue weighted by Crippen LogP contribution is 2.12. The van der Waals surface area contributed by atoms with Crippen LogP contribution in [0.4, 0.5) is 10.5 Å². The molecule has 1 rings (SSSR count). The van der Waals surface area contributed by atoms with Gasteiger partial charge in [0.2, 0.25) is 5.91 Å². The zero-order chi connectivity index (χ0) is 20.4. The third kappa shape index (κ3) is 8.70. The summed E-state index contributed by atoms with van der Waals surface area (Å²) in [7, 11) is 0. The molecule has 27 heavy (non-hydrogen) atoms. The highest BCUT2D eigenvalue weighted by atomic mass is 16.4. The number of nitrogens with one attached hydrogen (secondary N) is 3. The Kier molecular flexibility index (Phi) is 8.77. The van der Waals surface area contributed by atoms with E-state index in [1.165, 1.54) is 6.07 Å². The van der Waals surface area contributed by atoms with E-state index in [9.17, 15) is 24.3 Å². The fourth-order valence-corrected chi connectivity index (χ4v) is 2.37. The van der Waals surface area contributed by atoms with Gasteiger partial charge < -0.3 is 26.8 Å². The second-order valence-corrected chi connectivity index (χ2v) is 6.55. The number of aliphatic carboxylic acids is 1. The molecule has 9 heteroatoms. The van der Waals surface area contributed by atoms with Crippen molar-refractivity contribution in [1.29, 1.82) is 0 Å². The maximum absolute atomic E-state index is 12.0. The molecule has 0 radical (unpaired) electrons. The average Bonchev–Trinajstić information content (AvgIpc) is 2.57. The van der Waals surface area contributed by atoms with Gasteiger partial charge in [-0.05, 0) is 30.5 Å². The van der Waals surface area contributed by atoms with Crippen LogP contribution in [-0.4, -0.2) is 42.0 Å². The van der Waals surface area contributed by atoms with Crippen molar-refractivity contribution >= 4 is 29.5 Å². The summed E-state index contributed by atoms with van der Waals surface area (Å²) in [6.45, 7) is 3.96. The Balaban J connectivity index is 2.58. The minimum absolute atomic E-state index is 0.00659. The lowest BCUT2D eigenvalue weighted by molar-refractivity contribution is -0.142. The Morgan fingerprint density at radius 1 is 1.15 bits per heavy atom. The van der Waals surface area contributed by atoms with Crippen LogP contribution in [0.25, 0.3) is 0 Å². The third-order valence-electron chi connectivity index (χ3n) is 3.65. The van der Waals surface area contributed by atoms with E-state index >= 15 is 0 Å². The summed E-state index contributed by atoms with van der Waals surface area (Å²) in [5.41, 5.74) is 5.70. The minimum atomic E-state index is -0.960. The monoisotopic (exact) mass is 378 g/mol. The first-order chi connectivity index (χ1) is 12.7. The van der Waals surface area contributed by atoms with Crippen LogP contribution in [0.3, 0.4) is 0 Å². The molecule has 0 aliphatic rings. The SMILES string of the molecule is CC(C)CC(CNC(=O)Nc1cccc(C(=O)NCCC(N)=O)c1)C(=O)O. The predicted octanol–water partition coefficient (Wildman–Crippen LogP) is 1.16. The number of carbonyl (C=O) groups excluding carboxylic acids is 3. The Morgan fingerprint density at radius 2 is 1.85 bits per heavy atom. The Labute approximate surface area is 157 Å². The number of hydrogen-bond donors (Lipinski definition) is 5. The maximum atomic E-state index is 12.0. The molecule has 0 saturated heterocycles. The number of anilines is 1. The van der Waals surface area contributed by atoms with Gasteiger partial charge in [-0.25, -0.2) is 4.79 Å². The van der Waals surface area contributed by atoms with Gasteiger partial charge in [-0.1, -0.05) is 19.9 Å². The number of primary amides is 1. The van der Waals surface area contributed by atoms with E-state index in [2.05, 4.69) is 16.0 Å². The van der Waals surface area contributed by atoms with E-state index < -0.39 is 29.7 Å². The van der Waals surface area contributed by atoms with E-state index in [1.54, 1.807) is 18.2 Å². The van der Waals surface area contributed by atoms with Crippen molar-refractivity contribution in [3.8, 4) is 0 Å². The van der Waals surface area contributed by atoms with Gasteiger partial charge in [-0.15, -0.1) is 0 Å². The fourth-order valence-electron chi connectivity index (χ4n) is 2.37. The lowest BCUT2D eigenvalue weighted by Gasteiger charge is -2.16. The van der Waals surface area contributed by atoms with Crippen LogP contribution in [0.5, 0.6) is 0 Å². The molecule has 1 aromatic carbocycles. The quantitative estimate of drug-likeness (QED) is 0.414. The van der Waals surface area contributed by atoms with Gasteiger partial charge in [-0.2, -0.15) is 0 Å². The number of rotatable bonds is 10. The lowest BCUT2D eigenvalue weighted by Crippen LogP contribution is -2.36. The first-order valence-corrected chi connectivity index (χ1v) is 8.63. The molecule has 0 bridgehead atoms. The molecule has 1 aromatic rings. The molecule has 0 aliphatic carbocycles. The lowest BCUT2D eigenvalue weighted by atomic mass is 9.97. The van der Waals surface area contributed by atoms with Gasteiger partial charge in [0.25, 0.3) is 5.91 Å². The van der Waals surface area contributed by atoms with Crippen LogP contribution in [0, 0.1) is 11.8 Å². The third-order valence-corrected chi connectivity index (χ3v) is 3.65. The van der Waals surface area contributed by atoms with Crippen molar-refractivity contribution in [1.82, 2.24) is 10.6 Å². The predicted molar refractivity (Wildman–Crippen MR) is 100 cm³/mol. The standard InChI is InChI=1S/C18H26N4O5/c1-11(2)8-13(17(25)26)10-21-18(27)22-14-5-3-4-12(9-14)16(24)20-7-6-15(19)23/h3-5,9,11,13H,6-8,10H2,1-2H3,(H2,19,23)(H,20,24)(H,25,26)(H2,21,22,27). The van der Waals surface area contributed by atoms with E-state index in [0.717, 1.165) is 0 Å². The van der Waals surface area contributed by atoms with Crippen molar-refractivity contribution in [2.75, 3.05) is 18.4 Å². The second-order valence-electron chi connectivity index (χ2n) is 6.55. The molecule has 1 atom stereocenters. The number of urea groups is 1. The van der Waals surface area contributed by atoms with Crippen LogP contribution in [-0.2, 0) is 9.59 Å². The van der Waals surface area contributed by atoms with Crippen LogP contribution in [0.1, 0.15) is 37.0 Å². The van der Waals surface area contributed by atoms with Crippen molar-refractivity contribution in [2.24, 2.45) is 17.6 Å². The maximum Gasteiger partial charge on any atom is 0.319 e. The van der Waals surface area contributed by atoms with E-state index in [-0.39, 0.29) is 25.4 Å². The van der Waals surface area contributed by atoms with Crippen LogP contribution < -0.4 is 21.7 Å². The summed E-state index contributed by atoms with van der Waals surface area (Å²) in [6.07, 6.45) is 0.490. The fraction of sp³-hybridized carbons (Fsp3) is 0.444. The Bertz CT molecular complexity index is 690. The molecular weight excluding hydrogens is 352 g/mol. The zero-order valence-electron chi connectivity index (χ0n) is 15.5. The van der Waals surface area contributed by atoms with Crippen molar-refractivity contribution in [2.45, 2.75) is 26.7 Å². The van der Waals surface area contributed by atoms with E-state index in [0.29, 0.717) is 17.7 Å². The van der Waals surface area contributed by atoms with E-state index in [4.69, 9.17) is 5.73 Å². The van der Waals surface area contributed by atoms with Gasteiger partial charge in [0.1, 0.15) is 0 Å². The molecule has 0 aromatic heterocycles. The molecule has 6 N–H and O–H groups in total. The van der Waals surface area contributed by atoms with Crippen molar-refractivity contribution < 1.29 is 24.3 Å². The zero-order valence-corrected chi connectivity index (χ0v) is 15.5. The molecule has 0 saturated carbocycles. The summed E-state index contributed by atoms with van der Waals surface area (Å²) >= 11 is 0. The molecule has 9 nitrogen and oxygen atoms in total. The Hall–Kier alpha value is -3.10. The number of carboxylic acids is 1. The van der Waals surface area contributed by atoms with Crippen LogP contribution in [0.15, 0.2) is 24.3 Å². The van der Waals surface area contributed by atoms with E-state index in [1.807, 2.05) is 13.8 Å². The molecule has 4 amide bonds. The van der Waals surface area contributed by atoms with Gasteiger partial charge in [0.05, 0.1) is 5.92 Å². The van der Waals surface area contributed by atoms with Gasteiger partial charge in [0, 0.05) is 30.8 Å². The minimum Gasteiger partial charge on any atom is -0.481 e. The molecule has 1 unspecified atom stereocenters. The van der Waals surface area contributed by atoms with Crippen LogP contribution >= 0.6 is 0 Å². The molecular formula is C18H26N4O5. The largest absolute Gasteiger partial charge is 0.481 e. The summed E-state index contributed by atoms with van der Waals surface area (Å²) in [5.74, 6) is -2.35. The number of carbonyl (C=O) groups is 4. The number of amides is 4. The molecule has 0 heterocycles. The first-order valence-electron chi connectivity index (χ1n) is 8.63. The van der Waals surface area contributed by atoms with Gasteiger partial charge in [-0.3, -0.25) is 14.4 Å². The number of benzene rings is 1. The summed E-state index contributed by atoms with van der Waals surface area (Å²) in [6, 6.07) is 5.67. The van der Waals surface area contributed by atoms with Crippen molar-refractivity contribution in [3.05, 3.63) is 29.8 Å². The number of carboxylic acid groups (broad SMARTS) is 1. The summed E-state index contributed by atoms with van der Waals surface area (Å²) in [5, 5.41) is 16.8. The molecule has 0 spiro atoms. The van der Waals surface area contributed by atoms with Crippen LogP contribution in [0.2, 0.25) is 0 Å². The smallest absolute Gasteiger partial charge is 0.319 e. The summed E-state index contributed by atoms with van der Waals surface area (Å²) in [4.78, 5) is 45.9. The molecule has 0 fully saturated rings. The average molecular weight is 378 g/mol. The Morgan fingerprint density at radius 3 is 2.44 bits per heavy atom. The molecule has 0 aliphatic heterocycles. The summed E-state index contributed by atoms with van der Waals surface area (Å²) < 4.78 is 0. The topological polar surface area (TPSA) is 151 Å². The normalized spacial score (nSPS) is 11.5. The van der Waals surface area contributed by atoms with Crippen molar-refractivity contribution in [3.63, 3.8) is 0 Å². The highest BCUT2D eigenvalue weighted by molar-refractivity contribution is 5.97. The molecule has 148 valence electrons. The van der Waals surface area contributed by atoms with Gasteiger partial charge >= 0.3 is 12.0 Å². The first kappa shape index (κ1) is 21.9.